The Hall–Kier alpha value is -1.72. The second-order valence-electron chi connectivity index (χ2n) is 4.20. The predicted octanol–water partition coefficient (Wildman–Crippen LogP) is 2.87. The van der Waals surface area contributed by atoms with Crippen molar-refractivity contribution in [3.63, 3.8) is 0 Å². The van der Waals surface area contributed by atoms with E-state index >= 15 is 0 Å². The molecule has 0 bridgehead atoms. The molecule has 19 heavy (non-hydrogen) atoms. The summed E-state index contributed by atoms with van der Waals surface area (Å²) < 4.78 is 0. The first-order chi connectivity index (χ1) is 9.08. The molecule has 0 spiro atoms. The molecule has 2 aromatic rings. The number of thiophene rings is 1. The second-order valence-corrected chi connectivity index (χ2v) is 5.42. The smallest absolute Gasteiger partial charge is 0.251 e. The molecule has 1 amide bonds. The van der Waals surface area contributed by atoms with Crippen LogP contribution in [-0.2, 0) is 0 Å². The van der Waals surface area contributed by atoms with Gasteiger partial charge in [-0.2, -0.15) is 11.3 Å². The summed E-state index contributed by atoms with van der Waals surface area (Å²) in [5, 5.41) is 6.96. The van der Waals surface area contributed by atoms with Crippen molar-refractivity contribution < 1.29 is 4.79 Å². The average molecular weight is 290 g/mol. The topological polar surface area (TPSA) is 55.1 Å². The first kappa shape index (κ1) is 13.7. The molecule has 0 saturated carbocycles. The minimum Gasteiger partial charge on any atom is -0.389 e. The van der Waals surface area contributed by atoms with E-state index in [1.165, 1.54) is 0 Å². The van der Waals surface area contributed by atoms with Gasteiger partial charge >= 0.3 is 0 Å². The molecule has 0 aliphatic rings. The Labute approximate surface area is 121 Å². The Kier molecular flexibility index (Phi) is 4.29. The Morgan fingerprint density at radius 3 is 2.74 bits per heavy atom. The van der Waals surface area contributed by atoms with E-state index in [2.05, 4.69) is 5.32 Å². The van der Waals surface area contributed by atoms with Gasteiger partial charge in [0, 0.05) is 11.1 Å². The lowest BCUT2D eigenvalue weighted by atomic mass is 10.1. The van der Waals surface area contributed by atoms with E-state index < -0.39 is 0 Å². The zero-order valence-electron chi connectivity index (χ0n) is 10.4. The van der Waals surface area contributed by atoms with Gasteiger partial charge in [-0.25, -0.2) is 0 Å². The van der Waals surface area contributed by atoms with Crippen LogP contribution in [0.25, 0.3) is 0 Å². The number of hydrogen-bond acceptors (Lipinski definition) is 3. The molecule has 1 aromatic carbocycles. The highest BCUT2D eigenvalue weighted by molar-refractivity contribution is 7.80. The van der Waals surface area contributed by atoms with Crippen LogP contribution in [-0.4, -0.2) is 10.9 Å². The van der Waals surface area contributed by atoms with Crippen molar-refractivity contribution >= 4 is 34.5 Å². The molecule has 1 aromatic heterocycles. The van der Waals surface area contributed by atoms with Crippen molar-refractivity contribution in [2.45, 2.75) is 13.0 Å². The molecule has 0 aliphatic carbocycles. The number of rotatable bonds is 4. The number of nitrogens with two attached hydrogens (primary N) is 1. The maximum absolute atomic E-state index is 12.1. The number of benzene rings is 1. The SMILES string of the molecule is CC(NC(=O)c1cccc(C(N)=S)c1)c1ccsc1. The van der Waals surface area contributed by atoms with Gasteiger partial charge < -0.3 is 11.1 Å². The maximum atomic E-state index is 12.1. The monoisotopic (exact) mass is 290 g/mol. The summed E-state index contributed by atoms with van der Waals surface area (Å²) >= 11 is 6.52. The van der Waals surface area contributed by atoms with Crippen LogP contribution in [0.4, 0.5) is 0 Å². The fraction of sp³-hybridized carbons (Fsp3) is 0.143. The summed E-state index contributed by atoms with van der Waals surface area (Å²) in [6.07, 6.45) is 0. The number of amides is 1. The number of hydrogen-bond donors (Lipinski definition) is 2. The van der Waals surface area contributed by atoms with Gasteiger partial charge in [0.2, 0.25) is 0 Å². The van der Waals surface area contributed by atoms with E-state index in [4.69, 9.17) is 18.0 Å². The molecule has 0 fully saturated rings. The van der Waals surface area contributed by atoms with Crippen molar-refractivity contribution in [3.05, 3.63) is 57.8 Å². The zero-order chi connectivity index (χ0) is 13.8. The van der Waals surface area contributed by atoms with E-state index in [9.17, 15) is 4.79 Å². The third kappa shape index (κ3) is 3.39. The summed E-state index contributed by atoms with van der Waals surface area (Å²) in [4.78, 5) is 12.4. The highest BCUT2D eigenvalue weighted by atomic mass is 32.1. The molecule has 1 atom stereocenters. The van der Waals surface area contributed by atoms with Crippen LogP contribution < -0.4 is 11.1 Å². The predicted molar refractivity (Wildman–Crippen MR) is 82.5 cm³/mol. The molecule has 2 rings (SSSR count). The molecule has 98 valence electrons. The molecular weight excluding hydrogens is 276 g/mol. The van der Waals surface area contributed by atoms with Crippen molar-refractivity contribution in [2.24, 2.45) is 5.73 Å². The van der Waals surface area contributed by atoms with E-state index in [1.54, 1.807) is 35.6 Å². The van der Waals surface area contributed by atoms with Crippen molar-refractivity contribution in [1.82, 2.24) is 5.32 Å². The van der Waals surface area contributed by atoms with Crippen LogP contribution in [0.15, 0.2) is 41.1 Å². The van der Waals surface area contributed by atoms with Gasteiger partial charge in [-0.05, 0) is 41.4 Å². The molecule has 3 N–H and O–H groups in total. The maximum Gasteiger partial charge on any atom is 0.251 e. The molecular formula is C14H14N2OS2. The van der Waals surface area contributed by atoms with Crippen LogP contribution in [0.2, 0.25) is 0 Å². The van der Waals surface area contributed by atoms with E-state index in [1.807, 2.05) is 23.8 Å². The van der Waals surface area contributed by atoms with Crippen molar-refractivity contribution in [3.8, 4) is 0 Å². The number of carbonyl (C=O) groups is 1. The first-order valence-electron chi connectivity index (χ1n) is 5.81. The Morgan fingerprint density at radius 2 is 2.11 bits per heavy atom. The van der Waals surface area contributed by atoms with Gasteiger partial charge in [-0.3, -0.25) is 4.79 Å². The van der Waals surface area contributed by atoms with E-state index in [0.29, 0.717) is 16.1 Å². The summed E-state index contributed by atoms with van der Waals surface area (Å²) in [6, 6.07) is 9.00. The van der Waals surface area contributed by atoms with Gasteiger partial charge in [0.25, 0.3) is 5.91 Å². The molecule has 0 radical (unpaired) electrons. The molecule has 1 heterocycles. The summed E-state index contributed by atoms with van der Waals surface area (Å²) in [5.41, 5.74) is 7.93. The van der Waals surface area contributed by atoms with Gasteiger partial charge in [0.15, 0.2) is 0 Å². The number of carbonyl (C=O) groups excluding carboxylic acids is 1. The molecule has 5 heteroatoms. The number of nitrogens with one attached hydrogen (secondary N) is 1. The van der Waals surface area contributed by atoms with E-state index in [-0.39, 0.29) is 11.9 Å². The summed E-state index contributed by atoms with van der Waals surface area (Å²) in [5.74, 6) is -0.128. The lowest BCUT2D eigenvalue weighted by Gasteiger charge is -2.13. The lowest BCUT2D eigenvalue weighted by Crippen LogP contribution is -2.26. The lowest BCUT2D eigenvalue weighted by molar-refractivity contribution is 0.0940. The van der Waals surface area contributed by atoms with Gasteiger partial charge in [0.1, 0.15) is 4.99 Å². The highest BCUT2D eigenvalue weighted by Crippen LogP contribution is 2.16. The van der Waals surface area contributed by atoms with Crippen LogP contribution in [0.3, 0.4) is 0 Å². The Balaban J connectivity index is 2.12. The highest BCUT2D eigenvalue weighted by Gasteiger charge is 2.12. The third-order valence-corrected chi connectivity index (χ3v) is 3.74. The van der Waals surface area contributed by atoms with Crippen LogP contribution in [0, 0.1) is 0 Å². The Bertz CT molecular complexity index is 593. The van der Waals surface area contributed by atoms with Crippen molar-refractivity contribution in [2.75, 3.05) is 0 Å². The van der Waals surface area contributed by atoms with Gasteiger partial charge in [-0.1, -0.05) is 24.4 Å². The first-order valence-corrected chi connectivity index (χ1v) is 7.16. The largest absolute Gasteiger partial charge is 0.389 e. The minimum absolute atomic E-state index is 0.0211. The minimum atomic E-state index is -0.128. The summed E-state index contributed by atoms with van der Waals surface area (Å²) in [6.45, 7) is 1.96. The van der Waals surface area contributed by atoms with Crippen LogP contribution in [0.1, 0.15) is 34.5 Å². The summed E-state index contributed by atoms with van der Waals surface area (Å²) in [7, 11) is 0. The van der Waals surface area contributed by atoms with Gasteiger partial charge in [-0.15, -0.1) is 0 Å². The third-order valence-electron chi connectivity index (χ3n) is 2.80. The second kappa shape index (κ2) is 5.95. The Morgan fingerprint density at radius 1 is 1.37 bits per heavy atom. The molecule has 3 nitrogen and oxygen atoms in total. The van der Waals surface area contributed by atoms with Crippen molar-refractivity contribution in [1.29, 1.82) is 0 Å². The standard InChI is InChI=1S/C14H14N2OS2/c1-9(12-5-6-19-8-12)16-14(17)11-4-2-3-10(7-11)13(15)18/h2-9H,1H3,(H2,15,18)(H,16,17). The van der Waals surface area contributed by atoms with E-state index in [0.717, 1.165) is 5.56 Å². The molecule has 0 saturated heterocycles. The molecule has 0 aliphatic heterocycles. The van der Waals surface area contributed by atoms with Gasteiger partial charge in [0.05, 0.1) is 6.04 Å². The van der Waals surface area contributed by atoms with Crippen LogP contribution >= 0.6 is 23.6 Å². The quantitative estimate of drug-likeness (QED) is 0.851. The van der Waals surface area contributed by atoms with Crippen LogP contribution in [0.5, 0.6) is 0 Å². The zero-order valence-corrected chi connectivity index (χ0v) is 12.1. The fourth-order valence-corrected chi connectivity index (χ4v) is 2.58. The number of thiocarbonyl (C=S) groups is 1. The normalized spacial score (nSPS) is 11.8. The molecule has 1 unspecified atom stereocenters. The fourth-order valence-electron chi connectivity index (χ4n) is 1.70. The average Bonchev–Trinajstić information content (AvgIpc) is 2.92.